The van der Waals surface area contributed by atoms with Crippen molar-refractivity contribution in [3.8, 4) is 0 Å². The SMILES string of the molecule is Fc1ccc2ccc(Cl)cc2c1. The third kappa shape index (κ3) is 1.28. The zero-order chi connectivity index (χ0) is 8.55. The van der Waals surface area contributed by atoms with Gasteiger partial charge in [-0.15, -0.1) is 0 Å². The van der Waals surface area contributed by atoms with E-state index in [0.29, 0.717) is 5.02 Å². The van der Waals surface area contributed by atoms with Crippen molar-refractivity contribution in [1.82, 2.24) is 0 Å². The molecule has 2 aromatic rings. The van der Waals surface area contributed by atoms with Crippen molar-refractivity contribution in [2.75, 3.05) is 0 Å². The number of halogens is 2. The van der Waals surface area contributed by atoms with Crippen molar-refractivity contribution < 1.29 is 4.39 Å². The number of rotatable bonds is 0. The quantitative estimate of drug-likeness (QED) is 0.581. The second-order valence-electron chi connectivity index (χ2n) is 2.64. The normalized spacial score (nSPS) is 10.5. The van der Waals surface area contributed by atoms with Crippen molar-refractivity contribution >= 4 is 22.4 Å². The molecule has 0 aromatic heterocycles. The summed E-state index contributed by atoms with van der Waals surface area (Å²) < 4.78 is 12.7. The smallest absolute Gasteiger partial charge is 0.123 e. The minimum Gasteiger partial charge on any atom is -0.207 e. The number of fused-ring (bicyclic) bond motifs is 1. The van der Waals surface area contributed by atoms with Crippen LogP contribution in [0.4, 0.5) is 4.39 Å². The van der Waals surface area contributed by atoms with Gasteiger partial charge in [0.05, 0.1) is 0 Å². The van der Waals surface area contributed by atoms with Gasteiger partial charge >= 0.3 is 0 Å². The fourth-order valence-electron chi connectivity index (χ4n) is 1.19. The largest absolute Gasteiger partial charge is 0.207 e. The maximum atomic E-state index is 12.7. The Labute approximate surface area is 74.6 Å². The van der Waals surface area contributed by atoms with Gasteiger partial charge in [0.2, 0.25) is 0 Å². The molecule has 0 unspecified atom stereocenters. The summed E-state index contributed by atoms with van der Waals surface area (Å²) in [5.74, 6) is -0.232. The van der Waals surface area contributed by atoms with Gasteiger partial charge in [0.1, 0.15) is 5.82 Å². The Morgan fingerprint density at radius 1 is 0.917 bits per heavy atom. The van der Waals surface area contributed by atoms with Crippen LogP contribution in [-0.4, -0.2) is 0 Å². The van der Waals surface area contributed by atoms with Gasteiger partial charge in [-0.05, 0) is 35.0 Å². The molecule has 0 heterocycles. The third-order valence-electron chi connectivity index (χ3n) is 1.76. The molecule has 0 bridgehead atoms. The van der Waals surface area contributed by atoms with Gasteiger partial charge in [0, 0.05) is 5.02 Å². The Morgan fingerprint density at radius 3 is 2.50 bits per heavy atom. The van der Waals surface area contributed by atoms with Crippen molar-refractivity contribution in [3.63, 3.8) is 0 Å². The third-order valence-corrected chi connectivity index (χ3v) is 2.00. The molecule has 0 nitrogen and oxygen atoms in total. The maximum Gasteiger partial charge on any atom is 0.123 e. The standard InChI is InChI=1S/C10H6ClF/c11-9-3-1-7-2-4-10(12)6-8(7)5-9/h1-6H. The lowest BCUT2D eigenvalue weighted by atomic mass is 10.1. The molecule has 0 saturated heterocycles. The van der Waals surface area contributed by atoms with Crippen LogP contribution in [0.1, 0.15) is 0 Å². The molecule has 2 aromatic carbocycles. The Kier molecular flexibility index (Phi) is 1.74. The molecule has 0 aliphatic heterocycles. The number of hydrogen-bond acceptors (Lipinski definition) is 0. The minimum atomic E-state index is -0.232. The van der Waals surface area contributed by atoms with E-state index in [0.717, 1.165) is 10.8 Å². The molecule has 0 spiro atoms. The van der Waals surface area contributed by atoms with Gasteiger partial charge in [-0.2, -0.15) is 0 Å². The van der Waals surface area contributed by atoms with Crippen molar-refractivity contribution in [2.24, 2.45) is 0 Å². The number of hydrogen-bond donors (Lipinski definition) is 0. The molecule has 60 valence electrons. The monoisotopic (exact) mass is 180 g/mol. The van der Waals surface area contributed by atoms with Crippen LogP contribution >= 0.6 is 11.6 Å². The van der Waals surface area contributed by atoms with E-state index in [1.165, 1.54) is 12.1 Å². The summed E-state index contributed by atoms with van der Waals surface area (Å²) in [4.78, 5) is 0. The molecule has 0 N–H and O–H groups in total. The van der Waals surface area contributed by atoms with Crippen molar-refractivity contribution in [1.29, 1.82) is 0 Å². The van der Waals surface area contributed by atoms with Gasteiger partial charge in [-0.25, -0.2) is 4.39 Å². The van der Waals surface area contributed by atoms with Gasteiger partial charge in [-0.1, -0.05) is 23.7 Å². The highest BCUT2D eigenvalue weighted by Crippen LogP contribution is 2.19. The Morgan fingerprint density at radius 2 is 1.67 bits per heavy atom. The van der Waals surface area contributed by atoms with Crippen molar-refractivity contribution in [3.05, 3.63) is 47.2 Å². The van der Waals surface area contributed by atoms with Crippen LogP contribution in [0.3, 0.4) is 0 Å². The van der Waals surface area contributed by atoms with E-state index in [1.54, 1.807) is 18.2 Å². The van der Waals surface area contributed by atoms with Gasteiger partial charge in [0.15, 0.2) is 0 Å². The lowest BCUT2D eigenvalue weighted by Crippen LogP contribution is -1.75. The van der Waals surface area contributed by atoms with Crippen LogP contribution < -0.4 is 0 Å². The summed E-state index contributed by atoms with van der Waals surface area (Å²) >= 11 is 5.75. The van der Waals surface area contributed by atoms with E-state index in [4.69, 9.17) is 11.6 Å². The summed E-state index contributed by atoms with van der Waals surface area (Å²) in [5.41, 5.74) is 0. The molecule has 0 aliphatic rings. The first-order valence-electron chi connectivity index (χ1n) is 3.60. The van der Waals surface area contributed by atoms with Crippen LogP contribution in [0.2, 0.25) is 5.02 Å². The van der Waals surface area contributed by atoms with Crippen LogP contribution in [0.25, 0.3) is 10.8 Å². The molecule has 12 heavy (non-hydrogen) atoms. The van der Waals surface area contributed by atoms with E-state index in [9.17, 15) is 4.39 Å². The molecule has 0 radical (unpaired) electrons. The van der Waals surface area contributed by atoms with Crippen LogP contribution in [-0.2, 0) is 0 Å². The lowest BCUT2D eigenvalue weighted by Gasteiger charge is -1.97. The van der Waals surface area contributed by atoms with Crippen LogP contribution in [0.15, 0.2) is 36.4 Å². The molecular weight excluding hydrogens is 175 g/mol. The minimum absolute atomic E-state index is 0.232. The first-order valence-corrected chi connectivity index (χ1v) is 3.98. The maximum absolute atomic E-state index is 12.7. The zero-order valence-electron chi connectivity index (χ0n) is 6.22. The summed E-state index contributed by atoms with van der Waals surface area (Å²) in [6, 6.07) is 10.1. The first kappa shape index (κ1) is 7.56. The molecule has 0 fully saturated rings. The molecule has 2 heteroatoms. The lowest BCUT2D eigenvalue weighted by molar-refractivity contribution is 0.630. The molecule has 0 aliphatic carbocycles. The highest BCUT2D eigenvalue weighted by atomic mass is 35.5. The average molecular weight is 181 g/mol. The first-order chi connectivity index (χ1) is 5.75. The average Bonchev–Trinajstić information content (AvgIpc) is 2.03. The second kappa shape index (κ2) is 2.76. The van der Waals surface area contributed by atoms with E-state index in [1.807, 2.05) is 6.07 Å². The van der Waals surface area contributed by atoms with Gasteiger partial charge in [0.25, 0.3) is 0 Å². The molecule has 0 saturated carbocycles. The molecule has 0 amide bonds. The number of benzene rings is 2. The summed E-state index contributed by atoms with van der Waals surface area (Å²) in [6.45, 7) is 0. The molecular formula is C10H6ClF. The van der Waals surface area contributed by atoms with Crippen molar-refractivity contribution in [2.45, 2.75) is 0 Å². The fourth-order valence-corrected chi connectivity index (χ4v) is 1.37. The van der Waals surface area contributed by atoms with E-state index in [2.05, 4.69) is 0 Å². The topological polar surface area (TPSA) is 0 Å². The van der Waals surface area contributed by atoms with E-state index >= 15 is 0 Å². The Bertz CT molecular complexity index is 386. The predicted octanol–water partition coefficient (Wildman–Crippen LogP) is 3.63. The van der Waals surface area contributed by atoms with Gasteiger partial charge in [-0.3, -0.25) is 0 Å². The van der Waals surface area contributed by atoms with E-state index < -0.39 is 0 Å². The highest BCUT2D eigenvalue weighted by Gasteiger charge is 1.95. The summed E-state index contributed by atoms with van der Waals surface area (Å²) in [6.07, 6.45) is 0. The predicted molar refractivity (Wildman–Crippen MR) is 48.9 cm³/mol. The highest BCUT2D eigenvalue weighted by molar-refractivity contribution is 6.31. The molecule has 2 rings (SSSR count). The Hall–Kier alpha value is -1.08. The second-order valence-corrected chi connectivity index (χ2v) is 3.07. The Balaban J connectivity index is 2.80. The fraction of sp³-hybridized carbons (Fsp3) is 0. The summed E-state index contributed by atoms with van der Waals surface area (Å²) in [7, 11) is 0. The summed E-state index contributed by atoms with van der Waals surface area (Å²) in [5, 5.41) is 2.47. The zero-order valence-corrected chi connectivity index (χ0v) is 6.98. The van der Waals surface area contributed by atoms with Crippen LogP contribution in [0, 0.1) is 5.82 Å². The van der Waals surface area contributed by atoms with E-state index in [-0.39, 0.29) is 5.82 Å². The van der Waals surface area contributed by atoms with Gasteiger partial charge < -0.3 is 0 Å². The molecule has 0 atom stereocenters. The van der Waals surface area contributed by atoms with Crippen LogP contribution in [0.5, 0.6) is 0 Å².